The molecule has 14 heavy (non-hydrogen) atoms. The Kier molecular flexibility index (Phi) is 3.96. The average molecular weight is 193 g/mol. The van der Waals surface area contributed by atoms with Gasteiger partial charge in [0.25, 0.3) is 0 Å². The molecule has 0 aliphatic carbocycles. The molecule has 0 unspecified atom stereocenters. The number of phenolic OH excluding ortho intramolecular Hbond substituents is 1. The van der Waals surface area contributed by atoms with Crippen LogP contribution < -0.4 is 5.73 Å². The van der Waals surface area contributed by atoms with Gasteiger partial charge in [-0.2, -0.15) is 0 Å². The van der Waals surface area contributed by atoms with Crippen molar-refractivity contribution < 1.29 is 5.11 Å². The Bertz CT molecular complexity index is 296. The number of aromatic hydroxyl groups is 1. The summed E-state index contributed by atoms with van der Waals surface area (Å²) < 4.78 is 0. The quantitative estimate of drug-likeness (QED) is 0.772. The van der Waals surface area contributed by atoms with Gasteiger partial charge in [-0.25, -0.2) is 0 Å². The summed E-state index contributed by atoms with van der Waals surface area (Å²) in [7, 11) is 0. The molecule has 1 atom stereocenters. The molecule has 0 saturated carbocycles. The lowest BCUT2D eigenvalue weighted by molar-refractivity contribution is 0.453. The van der Waals surface area contributed by atoms with Gasteiger partial charge in [-0.3, -0.25) is 0 Å². The van der Waals surface area contributed by atoms with E-state index in [0.29, 0.717) is 5.75 Å². The minimum Gasteiger partial charge on any atom is -0.507 e. The molecule has 78 valence electrons. The molecule has 0 bridgehead atoms. The van der Waals surface area contributed by atoms with Gasteiger partial charge in [0.2, 0.25) is 0 Å². The van der Waals surface area contributed by atoms with E-state index in [-0.39, 0.29) is 6.04 Å². The fourth-order valence-electron chi connectivity index (χ4n) is 1.60. The van der Waals surface area contributed by atoms with E-state index in [1.54, 1.807) is 0 Å². The Morgan fingerprint density at radius 1 is 1.36 bits per heavy atom. The van der Waals surface area contributed by atoms with Crippen LogP contribution in [0.3, 0.4) is 0 Å². The number of benzene rings is 1. The number of para-hydroxylation sites is 1. The first-order valence-electron chi connectivity index (χ1n) is 5.27. The van der Waals surface area contributed by atoms with Crippen molar-refractivity contribution in [2.75, 3.05) is 0 Å². The van der Waals surface area contributed by atoms with E-state index >= 15 is 0 Å². The van der Waals surface area contributed by atoms with Crippen molar-refractivity contribution in [2.45, 2.75) is 39.2 Å². The maximum absolute atomic E-state index is 9.94. The first-order valence-corrected chi connectivity index (χ1v) is 5.27. The molecule has 1 rings (SSSR count). The molecule has 0 saturated heterocycles. The normalized spacial score (nSPS) is 12.8. The molecule has 0 aromatic heterocycles. The summed E-state index contributed by atoms with van der Waals surface area (Å²) in [6.07, 6.45) is 2.80. The minimum absolute atomic E-state index is 0.0493. The van der Waals surface area contributed by atoms with Gasteiger partial charge in [-0.1, -0.05) is 38.5 Å². The van der Waals surface area contributed by atoms with E-state index in [4.69, 9.17) is 5.73 Å². The molecule has 2 heteroatoms. The molecule has 0 radical (unpaired) electrons. The Labute approximate surface area is 85.8 Å². The Hall–Kier alpha value is -1.02. The summed E-state index contributed by atoms with van der Waals surface area (Å²) in [6.45, 7) is 4.13. The molecule has 0 aliphatic rings. The van der Waals surface area contributed by atoms with E-state index in [9.17, 15) is 5.11 Å². The van der Waals surface area contributed by atoms with Crippen LogP contribution in [0, 0.1) is 0 Å². The van der Waals surface area contributed by atoms with Crippen LogP contribution >= 0.6 is 0 Å². The van der Waals surface area contributed by atoms with Gasteiger partial charge >= 0.3 is 0 Å². The summed E-state index contributed by atoms with van der Waals surface area (Å²) in [5.74, 6) is 0.392. The third-order valence-electron chi connectivity index (χ3n) is 2.51. The van der Waals surface area contributed by atoms with Crippen LogP contribution in [0.15, 0.2) is 18.2 Å². The molecule has 0 spiro atoms. The molecule has 0 amide bonds. The molecule has 1 aromatic carbocycles. The monoisotopic (exact) mass is 193 g/mol. The third-order valence-corrected chi connectivity index (χ3v) is 2.51. The second-order valence-corrected chi connectivity index (χ2v) is 3.62. The lowest BCUT2D eigenvalue weighted by Gasteiger charge is -2.13. The van der Waals surface area contributed by atoms with Crippen LogP contribution in [0.2, 0.25) is 0 Å². The fraction of sp³-hybridized carbons (Fsp3) is 0.500. The Balaban J connectivity index is 3.00. The second-order valence-electron chi connectivity index (χ2n) is 3.62. The molecular formula is C12H19NO. The highest BCUT2D eigenvalue weighted by Crippen LogP contribution is 2.28. The topological polar surface area (TPSA) is 46.2 Å². The molecule has 3 N–H and O–H groups in total. The largest absolute Gasteiger partial charge is 0.507 e. The van der Waals surface area contributed by atoms with E-state index in [0.717, 1.165) is 30.4 Å². The lowest BCUT2D eigenvalue weighted by atomic mass is 9.99. The van der Waals surface area contributed by atoms with E-state index < -0.39 is 0 Å². The summed E-state index contributed by atoms with van der Waals surface area (Å²) in [6, 6.07) is 5.79. The zero-order chi connectivity index (χ0) is 10.6. The zero-order valence-electron chi connectivity index (χ0n) is 8.96. The first-order chi connectivity index (χ1) is 6.70. The number of rotatable bonds is 4. The van der Waals surface area contributed by atoms with E-state index in [2.05, 4.69) is 6.92 Å². The highest BCUT2D eigenvalue weighted by atomic mass is 16.3. The predicted molar refractivity (Wildman–Crippen MR) is 59.3 cm³/mol. The number of aryl methyl sites for hydroxylation is 1. The van der Waals surface area contributed by atoms with Crippen molar-refractivity contribution in [3.63, 3.8) is 0 Å². The van der Waals surface area contributed by atoms with Gasteiger partial charge in [0, 0.05) is 11.6 Å². The average Bonchev–Trinajstić information content (AvgIpc) is 2.20. The van der Waals surface area contributed by atoms with E-state index in [1.807, 2.05) is 25.1 Å². The van der Waals surface area contributed by atoms with Crippen molar-refractivity contribution >= 4 is 0 Å². The summed E-state index contributed by atoms with van der Waals surface area (Å²) in [5.41, 5.74) is 7.78. The van der Waals surface area contributed by atoms with Gasteiger partial charge in [0.15, 0.2) is 0 Å². The molecule has 1 aromatic rings. The van der Waals surface area contributed by atoms with Crippen molar-refractivity contribution in [3.05, 3.63) is 29.3 Å². The summed E-state index contributed by atoms with van der Waals surface area (Å²) in [5, 5.41) is 9.94. The van der Waals surface area contributed by atoms with Crippen LogP contribution in [0.5, 0.6) is 5.75 Å². The third kappa shape index (κ3) is 2.26. The molecular weight excluding hydrogens is 174 g/mol. The minimum atomic E-state index is -0.0493. The van der Waals surface area contributed by atoms with Crippen LogP contribution in [-0.2, 0) is 6.42 Å². The van der Waals surface area contributed by atoms with Crippen LogP contribution in [0.4, 0.5) is 0 Å². The second kappa shape index (κ2) is 5.01. The van der Waals surface area contributed by atoms with Gasteiger partial charge in [0.1, 0.15) is 5.75 Å². The van der Waals surface area contributed by atoms with Crippen molar-refractivity contribution in [1.29, 1.82) is 0 Å². The highest BCUT2D eigenvalue weighted by Gasteiger charge is 2.11. The standard InChI is InChI=1S/C12H19NO/c1-3-6-9-7-5-8-10(12(9)14)11(13)4-2/h5,7-8,11,14H,3-4,6,13H2,1-2H3/t11-/m1/s1. The fourth-order valence-corrected chi connectivity index (χ4v) is 1.60. The molecule has 2 nitrogen and oxygen atoms in total. The lowest BCUT2D eigenvalue weighted by Crippen LogP contribution is -2.09. The maximum atomic E-state index is 9.94. The van der Waals surface area contributed by atoms with Crippen molar-refractivity contribution in [1.82, 2.24) is 0 Å². The molecule has 0 aliphatic heterocycles. The number of phenols is 1. The van der Waals surface area contributed by atoms with Gasteiger partial charge in [0.05, 0.1) is 0 Å². The van der Waals surface area contributed by atoms with Crippen LogP contribution in [-0.4, -0.2) is 5.11 Å². The van der Waals surface area contributed by atoms with Gasteiger partial charge < -0.3 is 10.8 Å². The maximum Gasteiger partial charge on any atom is 0.123 e. The predicted octanol–water partition coefficient (Wildman–Crippen LogP) is 2.75. The smallest absolute Gasteiger partial charge is 0.123 e. The zero-order valence-corrected chi connectivity index (χ0v) is 8.96. The molecule has 0 heterocycles. The highest BCUT2D eigenvalue weighted by molar-refractivity contribution is 5.42. The Morgan fingerprint density at radius 2 is 2.07 bits per heavy atom. The summed E-state index contributed by atoms with van der Waals surface area (Å²) >= 11 is 0. The SMILES string of the molecule is CCCc1cccc([C@H](N)CC)c1O. The van der Waals surface area contributed by atoms with Crippen molar-refractivity contribution in [2.24, 2.45) is 5.73 Å². The van der Waals surface area contributed by atoms with E-state index in [1.165, 1.54) is 0 Å². The van der Waals surface area contributed by atoms with Crippen LogP contribution in [0.1, 0.15) is 43.9 Å². The van der Waals surface area contributed by atoms with Crippen molar-refractivity contribution in [3.8, 4) is 5.75 Å². The summed E-state index contributed by atoms with van der Waals surface area (Å²) in [4.78, 5) is 0. The van der Waals surface area contributed by atoms with Crippen LogP contribution in [0.25, 0.3) is 0 Å². The molecule has 0 fully saturated rings. The Morgan fingerprint density at radius 3 is 2.64 bits per heavy atom. The van der Waals surface area contributed by atoms with Gasteiger partial charge in [-0.15, -0.1) is 0 Å². The first kappa shape index (κ1) is 11.1. The number of nitrogens with two attached hydrogens (primary N) is 1. The van der Waals surface area contributed by atoms with Gasteiger partial charge in [-0.05, 0) is 18.4 Å². The number of hydrogen-bond acceptors (Lipinski definition) is 2. The number of hydrogen-bond donors (Lipinski definition) is 2.